The molecule has 0 spiro atoms. The van der Waals surface area contributed by atoms with Crippen LogP contribution in [-0.4, -0.2) is 44.2 Å². The third kappa shape index (κ3) is 3.31. The van der Waals surface area contributed by atoms with Crippen molar-refractivity contribution < 1.29 is 14.3 Å². The lowest BCUT2D eigenvalue weighted by Crippen LogP contribution is -2.40. The first kappa shape index (κ1) is 16.6. The molecule has 1 aliphatic rings. The van der Waals surface area contributed by atoms with Gasteiger partial charge in [-0.05, 0) is 25.0 Å². The maximum atomic E-state index is 12.6. The number of aromatic nitrogens is 1. The molecule has 24 heavy (non-hydrogen) atoms. The summed E-state index contributed by atoms with van der Waals surface area (Å²) in [5, 5.41) is 6.02. The van der Waals surface area contributed by atoms with Crippen molar-refractivity contribution >= 4 is 22.4 Å². The van der Waals surface area contributed by atoms with Crippen molar-refractivity contribution in [1.29, 1.82) is 0 Å². The number of thiazole rings is 1. The van der Waals surface area contributed by atoms with Gasteiger partial charge in [0.2, 0.25) is 0 Å². The summed E-state index contributed by atoms with van der Waals surface area (Å²) in [5.74, 6) is 0.855. The van der Waals surface area contributed by atoms with Crippen LogP contribution >= 0.6 is 11.3 Å². The van der Waals surface area contributed by atoms with E-state index in [-0.39, 0.29) is 11.9 Å². The quantitative estimate of drug-likeness (QED) is 0.870. The summed E-state index contributed by atoms with van der Waals surface area (Å²) in [6, 6.07) is 5.57. The molecule has 1 amide bonds. The van der Waals surface area contributed by atoms with Gasteiger partial charge >= 0.3 is 0 Å². The van der Waals surface area contributed by atoms with Crippen molar-refractivity contribution in [3.05, 3.63) is 35.3 Å². The number of hydrogen-bond donors (Lipinski definition) is 1. The van der Waals surface area contributed by atoms with Crippen LogP contribution in [0.25, 0.3) is 0 Å². The van der Waals surface area contributed by atoms with Crippen LogP contribution in [0.2, 0.25) is 0 Å². The van der Waals surface area contributed by atoms with E-state index in [2.05, 4.69) is 15.2 Å². The average Bonchev–Trinajstić information content (AvgIpc) is 3.29. The largest absolute Gasteiger partial charge is 0.493 e. The first-order valence-electron chi connectivity index (χ1n) is 7.90. The van der Waals surface area contributed by atoms with E-state index in [9.17, 15) is 4.79 Å². The number of nitrogens with one attached hydrogen (secondary N) is 1. The highest BCUT2D eigenvalue weighted by Gasteiger charge is 2.27. The van der Waals surface area contributed by atoms with Crippen LogP contribution in [0, 0.1) is 0 Å². The Balaban J connectivity index is 1.68. The first-order chi connectivity index (χ1) is 11.7. The van der Waals surface area contributed by atoms with E-state index in [1.54, 1.807) is 36.6 Å². The Hall–Kier alpha value is -2.28. The highest BCUT2D eigenvalue weighted by atomic mass is 32.1. The van der Waals surface area contributed by atoms with E-state index in [0.29, 0.717) is 23.6 Å². The second kappa shape index (κ2) is 7.53. The number of anilines is 1. The minimum atomic E-state index is -0.156. The number of carbonyl (C=O) groups excluding carboxylic acids is 1. The fourth-order valence-corrected chi connectivity index (χ4v) is 3.77. The molecule has 1 unspecified atom stereocenters. The van der Waals surface area contributed by atoms with Gasteiger partial charge in [0.25, 0.3) is 5.91 Å². The SMILES string of the molecule is COc1cccc(C(=O)NCC2CCCN2c2nccs2)c1OC. The van der Waals surface area contributed by atoms with Gasteiger partial charge in [-0.3, -0.25) is 4.79 Å². The maximum absolute atomic E-state index is 12.6. The Morgan fingerprint density at radius 3 is 3.00 bits per heavy atom. The minimum absolute atomic E-state index is 0.156. The Bertz CT molecular complexity index is 690. The molecule has 1 aromatic carbocycles. The first-order valence-corrected chi connectivity index (χ1v) is 8.78. The molecule has 1 atom stereocenters. The highest BCUT2D eigenvalue weighted by Crippen LogP contribution is 2.31. The van der Waals surface area contributed by atoms with Crippen LogP contribution in [0.15, 0.2) is 29.8 Å². The highest BCUT2D eigenvalue weighted by molar-refractivity contribution is 7.13. The second-order valence-corrected chi connectivity index (χ2v) is 6.43. The molecule has 7 heteroatoms. The molecule has 3 rings (SSSR count). The number of carbonyl (C=O) groups is 1. The molecular weight excluding hydrogens is 326 g/mol. The monoisotopic (exact) mass is 347 g/mol. The summed E-state index contributed by atoms with van der Waals surface area (Å²) in [5.41, 5.74) is 0.482. The second-order valence-electron chi connectivity index (χ2n) is 5.56. The number of amides is 1. The zero-order valence-electron chi connectivity index (χ0n) is 13.8. The molecule has 0 radical (unpaired) electrons. The number of rotatable bonds is 6. The molecule has 1 fully saturated rings. The molecule has 0 aliphatic carbocycles. The minimum Gasteiger partial charge on any atom is -0.493 e. The van der Waals surface area contributed by atoms with Crippen LogP contribution in [0.5, 0.6) is 11.5 Å². The van der Waals surface area contributed by atoms with Crippen molar-refractivity contribution in [2.45, 2.75) is 18.9 Å². The lowest BCUT2D eigenvalue weighted by molar-refractivity contribution is 0.0947. The Morgan fingerprint density at radius 2 is 2.29 bits per heavy atom. The Morgan fingerprint density at radius 1 is 1.42 bits per heavy atom. The number of nitrogens with zero attached hydrogens (tertiary/aromatic N) is 2. The summed E-state index contributed by atoms with van der Waals surface area (Å²) in [6.45, 7) is 1.56. The maximum Gasteiger partial charge on any atom is 0.255 e. The van der Waals surface area contributed by atoms with Gasteiger partial charge < -0.3 is 19.7 Å². The molecule has 1 aromatic heterocycles. The van der Waals surface area contributed by atoms with Crippen LogP contribution < -0.4 is 19.7 Å². The smallest absolute Gasteiger partial charge is 0.255 e. The van der Waals surface area contributed by atoms with E-state index in [0.717, 1.165) is 24.5 Å². The van der Waals surface area contributed by atoms with E-state index in [1.807, 2.05) is 11.6 Å². The van der Waals surface area contributed by atoms with Crippen molar-refractivity contribution in [3.63, 3.8) is 0 Å². The molecule has 2 aromatic rings. The predicted molar refractivity (Wildman–Crippen MR) is 94.4 cm³/mol. The summed E-state index contributed by atoms with van der Waals surface area (Å²) >= 11 is 1.63. The standard InChI is InChI=1S/C17H21N3O3S/c1-22-14-7-3-6-13(15(14)23-2)16(21)19-11-12-5-4-9-20(12)17-18-8-10-24-17/h3,6-8,10,12H,4-5,9,11H2,1-2H3,(H,19,21). The van der Waals surface area contributed by atoms with E-state index in [1.165, 1.54) is 7.11 Å². The molecule has 2 heterocycles. The topological polar surface area (TPSA) is 63.7 Å². The van der Waals surface area contributed by atoms with Gasteiger partial charge in [0, 0.05) is 30.7 Å². The van der Waals surface area contributed by atoms with Gasteiger partial charge in [-0.15, -0.1) is 11.3 Å². The van der Waals surface area contributed by atoms with Crippen molar-refractivity contribution in [2.24, 2.45) is 0 Å². The van der Waals surface area contributed by atoms with Crippen molar-refractivity contribution in [2.75, 3.05) is 32.2 Å². The van der Waals surface area contributed by atoms with Gasteiger partial charge in [-0.1, -0.05) is 6.07 Å². The Kier molecular flexibility index (Phi) is 5.20. The van der Waals surface area contributed by atoms with Crippen LogP contribution in [-0.2, 0) is 0 Å². The summed E-state index contributed by atoms with van der Waals surface area (Å²) in [4.78, 5) is 19.2. The molecular formula is C17H21N3O3S. The summed E-state index contributed by atoms with van der Waals surface area (Å²) in [6.07, 6.45) is 3.98. The molecule has 0 saturated carbocycles. The molecule has 1 saturated heterocycles. The lowest BCUT2D eigenvalue weighted by Gasteiger charge is -2.24. The number of ether oxygens (including phenoxy) is 2. The normalized spacial score (nSPS) is 16.9. The van der Waals surface area contributed by atoms with E-state index in [4.69, 9.17) is 9.47 Å². The Labute approximate surface area is 145 Å². The van der Waals surface area contributed by atoms with Crippen molar-refractivity contribution in [1.82, 2.24) is 10.3 Å². The summed E-state index contributed by atoms with van der Waals surface area (Å²) in [7, 11) is 3.10. The van der Waals surface area contributed by atoms with Crippen LogP contribution in [0.1, 0.15) is 23.2 Å². The van der Waals surface area contributed by atoms with Gasteiger partial charge in [-0.25, -0.2) is 4.98 Å². The van der Waals surface area contributed by atoms with Gasteiger partial charge in [-0.2, -0.15) is 0 Å². The zero-order valence-corrected chi connectivity index (χ0v) is 14.6. The third-order valence-electron chi connectivity index (χ3n) is 4.19. The van der Waals surface area contributed by atoms with Crippen LogP contribution in [0.3, 0.4) is 0 Å². The zero-order chi connectivity index (χ0) is 16.9. The summed E-state index contributed by atoms with van der Waals surface area (Å²) < 4.78 is 10.6. The number of benzene rings is 1. The average molecular weight is 347 g/mol. The fraction of sp³-hybridized carbons (Fsp3) is 0.412. The number of hydrogen-bond acceptors (Lipinski definition) is 6. The van der Waals surface area contributed by atoms with Crippen molar-refractivity contribution in [3.8, 4) is 11.5 Å². The predicted octanol–water partition coefficient (Wildman–Crippen LogP) is 2.56. The lowest BCUT2D eigenvalue weighted by atomic mass is 10.1. The number of methoxy groups -OCH3 is 2. The fourth-order valence-electron chi connectivity index (χ4n) is 3.03. The van der Waals surface area contributed by atoms with E-state index >= 15 is 0 Å². The molecule has 1 N–H and O–H groups in total. The molecule has 6 nitrogen and oxygen atoms in total. The third-order valence-corrected chi connectivity index (χ3v) is 5.00. The molecule has 128 valence electrons. The number of para-hydroxylation sites is 1. The molecule has 1 aliphatic heterocycles. The molecule has 0 bridgehead atoms. The van der Waals surface area contributed by atoms with Crippen LogP contribution in [0.4, 0.5) is 5.13 Å². The van der Waals surface area contributed by atoms with Gasteiger partial charge in [0.1, 0.15) is 0 Å². The van der Waals surface area contributed by atoms with Gasteiger partial charge in [0.05, 0.1) is 19.8 Å². The van der Waals surface area contributed by atoms with Gasteiger partial charge in [0.15, 0.2) is 16.6 Å². The van der Waals surface area contributed by atoms with E-state index < -0.39 is 0 Å².